The van der Waals surface area contributed by atoms with E-state index in [2.05, 4.69) is 12.2 Å². The second-order valence-corrected chi connectivity index (χ2v) is 6.87. The average Bonchev–Trinajstić information content (AvgIpc) is 2.82. The molecule has 16 heavy (non-hydrogen) atoms. The van der Waals surface area contributed by atoms with E-state index in [9.17, 15) is 4.79 Å². The third-order valence-corrected chi connectivity index (χ3v) is 7.62. The van der Waals surface area contributed by atoms with Gasteiger partial charge >= 0.3 is 5.97 Å². The van der Waals surface area contributed by atoms with Gasteiger partial charge in [0.15, 0.2) is 0 Å². The summed E-state index contributed by atoms with van der Waals surface area (Å²) in [6.45, 7) is 0. The van der Waals surface area contributed by atoms with Crippen LogP contribution in [-0.2, 0) is 9.53 Å². The van der Waals surface area contributed by atoms with Crippen molar-refractivity contribution in [1.29, 1.82) is 0 Å². The van der Waals surface area contributed by atoms with Gasteiger partial charge in [0.25, 0.3) is 0 Å². The van der Waals surface area contributed by atoms with Crippen LogP contribution < -0.4 is 0 Å². The molecule has 0 aromatic rings. The third kappa shape index (κ3) is 0.306. The van der Waals surface area contributed by atoms with Gasteiger partial charge in [-0.25, -0.2) is 0 Å². The zero-order chi connectivity index (χ0) is 10.5. The number of hydrogen-bond acceptors (Lipinski definition) is 2. The summed E-state index contributed by atoms with van der Waals surface area (Å²) < 4.78 is 5.14. The van der Waals surface area contributed by atoms with E-state index in [0.29, 0.717) is 16.7 Å². The van der Waals surface area contributed by atoms with Crippen LogP contribution in [0.25, 0.3) is 0 Å². The molecular weight excluding hydrogens is 200 g/mol. The summed E-state index contributed by atoms with van der Waals surface area (Å²) in [7, 11) is 1.58. The summed E-state index contributed by atoms with van der Waals surface area (Å²) in [6, 6.07) is 0. The molecule has 8 atom stereocenters. The van der Waals surface area contributed by atoms with Gasteiger partial charge in [0, 0.05) is 5.41 Å². The Labute approximate surface area is 94.0 Å². The number of esters is 1. The van der Waals surface area contributed by atoms with Crippen molar-refractivity contribution >= 4 is 5.97 Å². The molecule has 4 bridgehead atoms. The van der Waals surface area contributed by atoms with Crippen LogP contribution in [0.15, 0.2) is 12.2 Å². The molecule has 0 aromatic carbocycles. The number of fused-ring (bicyclic) bond motifs is 2. The summed E-state index contributed by atoms with van der Waals surface area (Å²) in [5.74, 6) is 4.04. The molecule has 0 N–H and O–H groups in total. The summed E-state index contributed by atoms with van der Waals surface area (Å²) in [4.78, 5) is 12.2. The van der Waals surface area contributed by atoms with Crippen molar-refractivity contribution in [2.24, 2.45) is 45.8 Å². The minimum Gasteiger partial charge on any atom is -0.469 e. The predicted molar refractivity (Wildman–Crippen MR) is 55.1 cm³/mol. The SMILES string of the molecule is COC(=O)[C@@]12[C@H]3C[C@@H]4[C@@H]1[C@]41[C@H]4C=C[C@@H](C4)[C@]321. The van der Waals surface area contributed by atoms with Gasteiger partial charge < -0.3 is 4.74 Å². The summed E-state index contributed by atoms with van der Waals surface area (Å²) in [6.07, 6.45) is 7.58. The molecule has 2 heteroatoms. The first-order valence-electron chi connectivity index (χ1n) is 6.55. The smallest absolute Gasteiger partial charge is 0.313 e. The number of carbonyl (C=O) groups is 1. The molecule has 0 amide bonds. The highest BCUT2D eigenvalue weighted by molar-refractivity contribution is 5.92. The Morgan fingerprint density at radius 2 is 2.12 bits per heavy atom. The first-order chi connectivity index (χ1) is 7.78. The zero-order valence-corrected chi connectivity index (χ0v) is 9.27. The highest BCUT2D eigenvalue weighted by Crippen LogP contribution is 3.16. The number of allylic oxidation sites excluding steroid dienone is 2. The molecule has 0 saturated heterocycles. The lowest BCUT2D eigenvalue weighted by molar-refractivity contribution is -0.157. The van der Waals surface area contributed by atoms with Crippen molar-refractivity contribution < 1.29 is 9.53 Å². The molecule has 6 saturated carbocycles. The first kappa shape index (κ1) is 7.52. The molecule has 0 aromatic heterocycles. The number of carbonyl (C=O) groups excluding carboxylic acids is 1. The Hall–Kier alpha value is -0.790. The fraction of sp³-hybridized carbons (Fsp3) is 0.786. The molecule has 0 heterocycles. The molecule has 7 rings (SSSR count). The van der Waals surface area contributed by atoms with Crippen molar-refractivity contribution in [2.75, 3.05) is 7.11 Å². The molecule has 7 aliphatic rings. The number of rotatable bonds is 1. The Balaban J connectivity index is 1.66. The lowest BCUT2D eigenvalue weighted by Crippen LogP contribution is -2.46. The molecule has 2 spiro atoms. The second-order valence-electron chi connectivity index (χ2n) is 6.87. The van der Waals surface area contributed by atoms with Gasteiger partial charge in [-0.05, 0) is 47.8 Å². The van der Waals surface area contributed by atoms with Crippen LogP contribution in [0.4, 0.5) is 0 Å². The van der Waals surface area contributed by atoms with Crippen molar-refractivity contribution in [3.8, 4) is 0 Å². The van der Waals surface area contributed by atoms with Gasteiger partial charge in [-0.3, -0.25) is 4.79 Å². The van der Waals surface area contributed by atoms with E-state index in [0.717, 1.165) is 23.7 Å². The van der Waals surface area contributed by atoms with Crippen LogP contribution in [0.2, 0.25) is 0 Å². The van der Waals surface area contributed by atoms with E-state index < -0.39 is 0 Å². The first-order valence-corrected chi connectivity index (χ1v) is 6.55. The molecule has 0 radical (unpaired) electrons. The minimum atomic E-state index is 0.0244. The Morgan fingerprint density at radius 1 is 1.31 bits per heavy atom. The highest BCUT2D eigenvalue weighted by Gasteiger charge is 3.16. The van der Waals surface area contributed by atoms with E-state index >= 15 is 0 Å². The summed E-state index contributed by atoms with van der Waals surface area (Å²) >= 11 is 0. The summed E-state index contributed by atoms with van der Waals surface area (Å²) in [5, 5.41) is 0. The second kappa shape index (κ2) is 1.53. The van der Waals surface area contributed by atoms with Gasteiger partial charge in [-0.15, -0.1) is 0 Å². The standard InChI is InChI=1S/C14H14O2/c1-16-11(15)13-9-5-8-10(13)12(8)6-2-3-7(4-6)14(9,12)13/h2-3,6-10H,4-5H2,1H3/t6-,7-,8+,9+,10+,12-,13+,14+/m0/s1. The lowest BCUT2D eigenvalue weighted by atomic mass is 9.60. The van der Waals surface area contributed by atoms with Gasteiger partial charge in [0.05, 0.1) is 12.5 Å². The minimum absolute atomic E-state index is 0.0244. The Bertz CT molecular complexity index is 519. The molecule has 0 aliphatic heterocycles. The summed E-state index contributed by atoms with van der Waals surface area (Å²) in [5.41, 5.74) is 1.06. The number of ether oxygens (including phenoxy) is 1. The van der Waals surface area contributed by atoms with Crippen LogP contribution in [0, 0.1) is 45.8 Å². The van der Waals surface area contributed by atoms with Crippen molar-refractivity contribution in [3.63, 3.8) is 0 Å². The average molecular weight is 214 g/mol. The Morgan fingerprint density at radius 3 is 2.94 bits per heavy atom. The van der Waals surface area contributed by atoms with Gasteiger partial charge in [0.1, 0.15) is 0 Å². The maximum Gasteiger partial charge on any atom is 0.313 e. The Kier molecular flexibility index (Phi) is 0.721. The normalized spacial score (nSPS) is 76.7. The number of methoxy groups -OCH3 is 1. The van der Waals surface area contributed by atoms with Gasteiger partial charge in [-0.1, -0.05) is 12.2 Å². The van der Waals surface area contributed by atoms with E-state index in [1.165, 1.54) is 12.8 Å². The van der Waals surface area contributed by atoms with Crippen LogP contribution in [0.1, 0.15) is 12.8 Å². The lowest BCUT2D eigenvalue weighted by Gasteiger charge is -2.42. The molecule has 2 nitrogen and oxygen atoms in total. The largest absolute Gasteiger partial charge is 0.469 e. The van der Waals surface area contributed by atoms with Crippen LogP contribution >= 0.6 is 0 Å². The maximum absolute atomic E-state index is 12.2. The third-order valence-electron chi connectivity index (χ3n) is 7.62. The highest BCUT2D eigenvalue weighted by atomic mass is 16.5. The monoisotopic (exact) mass is 214 g/mol. The van der Waals surface area contributed by atoms with Crippen molar-refractivity contribution in [2.45, 2.75) is 12.8 Å². The van der Waals surface area contributed by atoms with Crippen molar-refractivity contribution in [1.82, 2.24) is 0 Å². The fourth-order valence-electron chi connectivity index (χ4n) is 8.05. The fourth-order valence-corrected chi connectivity index (χ4v) is 8.05. The molecule has 0 unspecified atom stereocenters. The van der Waals surface area contributed by atoms with Crippen LogP contribution in [0.5, 0.6) is 0 Å². The quantitative estimate of drug-likeness (QED) is 0.489. The van der Waals surface area contributed by atoms with E-state index in [4.69, 9.17) is 4.74 Å². The van der Waals surface area contributed by atoms with E-state index in [1.54, 1.807) is 7.11 Å². The molecule has 82 valence electrons. The van der Waals surface area contributed by atoms with E-state index in [-0.39, 0.29) is 11.4 Å². The van der Waals surface area contributed by atoms with Gasteiger partial charge in [0.2, 0.25) is 0 Å². The van der Waals surface area contributed by atoms with Crippen molar-refractivity contribution in [3.05, 3.63) is 12.2 Å². The van der Waals surface area contributed by atoms with Crippen LogP contribution in [-0.4, -0.2) is 13.1 Å². The maximum atomic E-state index is 12.2. The molecule has 7 aliphatic carbocycles. The number of hydrogen-bond donors (Lipinski definition) is 0. The van der Waals surface area contributed by atoms with E-state index in [1.807, 2.05) is 0 Å². The zero-order valence-electron chi connectivity index (χ0n) is 9.27. The predicted octanol–water partition coefficient (Wildman–Crippen LogP) is 1.62. The molecule has 6 fully saturated rings. The van der Waals surface area contributed by atoms with Crippen LogP contribution in [0.3, 0.4) is 0 Å². The topological polar surface area (TPSA) is 26.3 Å². The van der Waals surface area contributed by atoms with Gasteiger partial charge in [-0.2, -0.15) is 0 Å². The molecular formula is C14H14O2.